The van der Waals surface area contributed by atoms with Gasteiger partial charge in [0.05, 0.1) is 12.1 Å². The Labute approximate surface area is 199 Å². The van der Waals surface area contributed by atoms with Crippen molar-refractivity contribution in [2.24, 2.45) is 0 Å². The minimum atomic E-state index is -0.109. The maximum Gasteiger partial charge on any atom is 0.272 e. The van der Waals surface area contributed by atoms with Crippen molar-refractivity contribution in [2.75, 3.05) is 7.05 Å². The Morgan fingerprint density at radius 1 is 0.941 bits per heavy atom. The number of hydrogen-bond acceptors (Lipinski definition) is 3. The summed E-state index contributed by atoms with van der Waals surface area (Å²) in [6.45, 7) is 1.08. The number of carbonyl (C=O) groups excluding carboxylic acids is 2. The Morgan fingerprint density at radius 3 is 2.35 bits per heavy atom. The lowest BCUT2D eigenvalue weighted by atomic mass is 9.93. The zero-order valence-electron chi connectivity index (χ0n) is 19.3. The van der Waals surface area contributed by atoms with Gasteiger partial charge in [-0.3, -0.25) is 14.3 Å². The molecule has 1 aliphatic carbocycles. The fourth-order valence-corrected chi connectivity index (χ4v) is 4.30. The van der Waals surface area contributed by atoms with Crippen LogP contribution in [-0.2, 0) is 13.1 Å². The van der Waals surface area contributed by atoms with Crippen molar-refractivity contribution in [1.29, 1.82) is 0 Å². The van der Waals surface area contributed by atoms with Crippen molar-refractivity contribution in [3.8, 4) is 0 Å². The van der Waals surface area contributed by atoms with E-state index in [2.05, 4.69) is 10.4 Å². The number of nitrogens with one attached hydrogen (secondary N) is 1. The highest BCUT2D eigenvalue weighted by atomic mass is 16.2. The van der Waals surface area contributed by atoms with Crippen LogP contribution in [0.5, 0.6) is 0 Å². The maximum atomic E-state index is 12.9. The highest BCUT2D eigenvalue weighted by Gasteiger charge is 2.23. The molecule has 172 valence electrons. The van der Waals surface area contributed by atoms with Crippen LogP contribution in [0, 0.1) is 0 Å². The van der Waals surface area contributed by atoms with Crippen LogP contribution in [0.3, 0.4) is 0 Å². The molecule has 1 aromatic heterocycles. The first-order chi connectivity index (χ1) is 16.6. The molecule has 1 saturated carbocycles. The van der Waals surface area contributed by atoms with E-state index in [0.717, 1.165) is 34.9 Å². The molecule has 3 aromatic carbocycles. The van der Waals surface area contributed by atoms with Gasteiger partial charge in [-0.2, -0.15) is 5.10 Å². The van der Waals surface area contributed by atoms with E-state index >= 15 is 0 Å². The topological polar surface area (TPSA) is 67.2 Å². The van der Waals surface area contributed by atoms with Gasteiger partial charge in [-0.05, 0) is 48.6 Å². The normalized spacial score (nSPS) is 13.4. The number of para-hydroxylation sites is 1. The summed E-state index contributed by atoms with van der Waals surface area (Å²) in [7, 11) is 1.81. The molecule has 1 fully saturated rings. The lowest BCUT2D eigenvalue weighted by Gasteiger charge is -2.25. The number of benzene rings is 3. The molecule has 1 heterocycles. The highest BCUT2D eigenvalue weighted by molar-refractivity contribution is 6.05. The number of carbonyl (C=O) groups is 2. The first kappa shape index (κ1) is 21.9. The van der Waals surface area contributed by atoms with Gasteiger partial charge in [0.15, 0.2) is 5.69 Å². The monoisotopic (exact) mass is 452 g/mol. The molecule has 34 heavy (non-hydrogen) atoms. The van der Waals surface area contributed by atoms with Gasteiger partial charge in [0.25, 0.3) is 11.8 Å². The second-order valence-electron chi connectivity index (χ2n) is 8.97. The number of aromatic nitrogens is 2. The Kier molecular flexibility index (Phi) is 6.12. The lowest BCUT2D eigenvalue weighted by molar-refractivity contribution is 0.0784. The van der Waals surface area contributed by atoms with E-state index in [1.54, 1.807) is 4.90 Å². The van der Waals surface area contributed by atoms with Crippen molar-refractivity contribution >= 4 is 22.7 Å². The molecule has 6 nitrogen and oxygen atoms in total. The highest BCUT2D eigenvalue weighted by Crippen LogP contribution is 2.22. The quantitative estimate of drug-likeness (QED) is 0.444. The molecule has 0 radical (unpaired) electrons. The molecule has 1 aliphatic rings. The van der Waals surface area contributed by atoms with Crippen LogP contribution < -0.4 is 5.32 Å². The minimum absolute atomic E-state index is 0.0186. The van der Waals surface area contributed by atoms with Crippen molar-refractivity contribution in [3.05, 3.63) is 101 Å². The third-order valence-corrected chi connectivity index (χ3v) is 6.46. The third-order valence-electron chi connectivity index (χ3n) is 6.46. The van der Waals surface area contributed by atoms with Crippen LogP contribution in [0.2, 0.25) is 0 Å². The van der Waals surface area contributed by atoms with Crippen LogP contribution in [0.15, 0.2) is 78.9 Å². The average molecular weight is 453 g/mol. The van der Waals surface area contributed by atoms with Gasteiger partial charge in [-0.25, -0.2) is 0 Å². The van der Waals surface area contributed by atoms with E-state index in [4.69, 9.17) is 0 Å². The van der Waals surface area contributed by atoms with E-state index in [1.807, 2.05) is 90.6 Å². The summed E-state index contributed by atoms with van der Waals surface area (Å²) in [6.07, 6.45) is 3.24. The number of fused-ring (bicyclic) bond motifs is 1. The second-order valence-corrected chi connectivity index (χ2v) is 8.97. The number of rotatable bonds is 7. The Bertz CT molecular complexity index is 1310. The first-order valence-electron chi connectivity index (χ1n) is 11.7. The molecule has 0 saturated heterocycles. The summed E-state index contributed by atoms with van der Waals surface area (Å²) in [5, 5.41) is 8.61. The first-order valence-corrected chi connectivity index (χ1v) is 11.7. The van der Waals surface area contributed by atoms with E-state index < -0.39 is 0 Å². The SMILES string of the molecule is CN(Cc1ccccc1)C(=O)c1ccc(Cn2nc(C(=O)NC3CCC3)c3ccccc32)cc1. The standard InChI is InChI=1S/C28H28N4O2/c1-31(18-20-8-3-2-4-9-20)28(34)22-16-14-21(15-17-22)19-32-25-13-6-5-12-24(25)26(30-32)27(33)29-23-10-7-11-23/h2-6,8-9,12-17,23H,7,10-11,18-19H2,1H3,(H,29,33). The molecule has 2 amide bonds. The molecule has 4 aromatic rings. The Hall–Kier alpha value is -3.93. The van der Waals surface area contributed by atoms with Crippen molar-refractivity contribution in [1.82, 2.24) is 20.0 Å². The number of amides is 2. The van der Waals surface area contributed by atoms with Gasteiger partial charge in [-0.1, -0.05) is 60.7 Å². The number of nitrogens with zero attached hydrogens (tertiary/aromatic N) is 3. The van der Waals surface area contributed by atoms with Gasteiger partial charge in [0.1, 0.15) is 0 Å². The summed E-state index contributed by atoms with van der Waals surface area (Å²) < 4.78 is 1.86. The molecule has 5 rings (SSSR count). The molecule has 0 bridgehead atoms. The smallest absolute Gasteiger partial charge is 0.272 e. The largest absolute Gasteiger partial charge is 0.348 e. The number of hydrogen-bond donors (Lipinski definition) is 1. The van der Waals surface area contributed by atoms with Gasteiger partial charge < -0.3 is 10.2 Å². The molecule has 0 spiro atoms. The maximum absolute atomic E-state index is 12.9. The molecular weight excluding hydrogens is 424 g/mol. The van der Waals surface area contributed by atoms with Gasteiger partial charge in [0.2, 0.25) is 0 Å². The summed E-state index contributed by atoms with van der Waals surface area (Å²) in [5.41, 5.74) is 4.15. The van der Waals surface area contributed by atoms with Gasteiger partial charge in [0, 0.05) is 30.6 Å². The zero-order chi connectivity index (χ0) is 23.5. The van der Waals surface area contributed by atoms with Crippen molar-refractivity contribution < 1.29 is 9.59 Å². The molecular formula is C28H28N4O2. The van der Waals surface area contributed by atoms with Crippen LogP contribution >= 0.6 is 0 Å². The van der Waals surface area contributed by atoms with E-state index in [9.17, 15) is 9.59 Å². The molecule has 0 aliphatic heterocycles. The molecule has 0 atom stereocenters. The van der Waals surface area contributed by atoms with Crippen molar-refractivity contribution in [2.45, 2.75) is 38.4 Å². The van der Waals surface area contributed by atoms with Crippen molar-refractivity contribution in [3.63, 3.8) is 0 Å². The van der Waals surface area contributed by atoms with Crippen LogP contribution in [0.25, 0.3) is 10.9 Å². The second kappa shape index (κ2) is 9.51. The Balaban J connectivity index is 1.31. The summed E-state index contributed by atoms with van der Waals surface area (Å²) in [4.78, 5) is 27.4. The van der Waals surface area contributed by atoms with Crippen LogP contribution in [0.4, 0.5) is 0 Å². The Morgan fingerprint density at radius 2 is 1.65 bits per heavy atom. The lowest BCUT2D eigenvalue weighted by Crippen LogP contribution is -2.39. The van der Waals surface area contributed by atoms with E-state index in [1.165, 1.54) is 6.42 Å². The van der Waals surface area contributed by atoms with Gasteiger partial charge in [-0.15, -0.1) is 0 Å². The third kappa shape index (κ3) is 4.57. The summed E-state index contributed by atoms with van der Waals surface area (Å²) in [5.74, 6) is -0.128. The predicted molar refractivity (Wildman–Crippen MR) is 133 cm³/mol. The van der Waals surface area contributed by atoms with E-state index in [0.29, 0.717) is 24.3 Å². The zero-order valence-corrected chi connectivity index (χ0v) is 19.3. The minimum Gasteiger partial charge on any atom is -0.348 e. The van der Waals surface area contributed by atoms with Crippen LogP contribution in [-0.4, -0.2) is 39.6 Å². The van der Waals surface area contributed by atoms with Crippen LogP contribution in [0.1, 0.15) is 51.2 Å². The predicted octanol–water partition coefficient (Wildman–Crippen LogP) is 4.64. The molecule has 1 N–H and O–H groups in total. The fraction of sp³-hybridized carbons (Fsp3) is 0.250. The average Bonchev–Trinajstić information content (AvgIpc) is 3.20. The van der Waals surface area contributed by atoms with Gasteiger partial charge >= 0.3 is 0 Å². The summed E-state index contributed by atoms with van der Waals surface area (Å²) in [6, 6.07) is 25.7. The molecule has 6 heteroatoms. The van der Waals surface area contributed by atoms with E-state index in [-0.39, 0.29) is 17.9 Å². The summed E-state index contributed by atoms with van der Waals surface area (Å²) >= 11 is 0. The molecule has 0 unspecified atom stereocenters. The fourth-order valence-electron chi connectivity index (χ4n) is 4.30.